The van der Waals surface area contributed by atoms with E-state index in [1.807, 2.05) is 83.4 Å². The minimum atomic E-state index is -1.16. The lowest BCUT2D eigenvalue weighted by Gasteiger charge is -2.21. The highest BCUT2D eigenvalue weighted by molar-refractivity contribution is 6.15. The Balaban J connectivity index is 1.41. The van der Waals surface area contributed by atoms with Crippen molar-refractivity contribution >= 4 is 33.4 Å². The molecule has 1 N–H and O–H groups in total. The predicted octanol–water partition coefficient (Wildman–Crippen LogP) is 6.85. The van der Waals surface area contributed by atoms with Crippen molar-refractivity contribution < 1.29 is 9.90 Å². The minimum absolute atomic E-state index is 0.326. The molecule has 188 valence electrons. The van der Waals surface area contributed by atoms with Crippen LogP contribution >= 0.6 is 0 Å². The Labute approximate surface area is 229 Å². The Morgan fingerprint density at radius 1 is 0.675 bits per heavy atom. The maximum Gasteiger partial charge on any atom is 0.263 e. The summed E-state index contributed by atoms with van der Waals surface area (Å²) in [5.41, 5.74) is 6.56. The first-order valence-corrected chi connectivity index (χ1v) is 12.8. The lowest BCUT2D eigenvalue weighted by Crippen LogP contribution is -2.27. The van der Waals surface area contributed by atoms with Crippen LogP contribution < -0.4 is 4.90 Å². The molecule has 0 saturated carbocycles. The molecule has 6 nitrogen and oxygen atoms in total. The van der Waals surface area contributed by atoms with Gasteiger partial charge in [-0.2, -0.15) is 10.5 Å². The van der Waals surface area contributed by atoms with Crippen molar-refractivity contribution in [1.29, 1.82) is 10.5 Å². The number of anilines is 1. The van der Waals surface area contributed by atoms with Gasteiger partial charge in [-0.15, -0.1) is 0 Å². The van der Waals surface area contributed by atoms with Gasteiger partial charge in [0.05, 0.1) is 45.5 Å². The maximum absolute atomic E-state index is 14.0. The molecule has 0 fully saturated rings. The zero-order valence-corrected chi connectivity index (χ0v) is 21.1. The quantitative estimate of drug-likeness (QED) is 0.279. The molecule has 0 spiro atoms. The number of rotatable bonds is 3. The molecule has 6 heteroatoms. The number of aromatic nitrogens is 1. The SMILES string of the molecule is N#Cc1ccc2c3ccc(C#N)cc3n(-c3cccc4c3C(=O)N(c3ccc(-c5ccccc5)cc3)C4O)c2c1. The number of fused-ring (bicyclic) bond motifs is 4. The summed E-state index contributed by atoms with van der Waals surface area (Å²) in [5, 5.41) is 32.4. The molecule has 1 aliphatic heterocycles. The second-order valence-electron chi connectivity index (χ2n) is 9.73. The van der Waals surface area contributed by atoms with Crippen molar-refractivity contribution in [3.05, 3.63) is 131 Å². The van der Waals surface area contributed by atoms with E-state index in [9.17, 15) is 20.4 Å². The second-order valence-corrected chi connectivity index (χ2v) is 9.73. The number of nitriles is 2. The third kappa shape index (κ3) is 3.41. The van der Waals surface area contributed by atoms with E-state index in [1.54, 1.807) is 30.3 Å². The average molecular weight is 517 g/mol. The first-order chi connectivity index (χ1) is 19.6. The number of aliphatic hydroxyl groups is 1. The fourth-order valence-corrected chi connectivity index (χ4v) is 5.68. The monoisotopic (exact) mass is 516 g/mol. The first-order valence-electron chi connectivity index (χ1n) is 12.8. The van der Waals surface area contributed by atoms with Crippen molar-refractivity contribution in [3.63, 3.8) is 0 Å². The molecule has 7 rings (SSSR count). The average Bonchev–Trinajstić information content (AvgIpc) is 3.47. The highest BCUT2D eigenvalue weighted by atomic mass is 16.3. The number of aliphatic hydroxyl groups excluding tert-OH is 1. The number of nitrogens with zero attached hydrogens (tertiary/aromatic N) is 4. The lowest BCUT2D eigenvalue weighted by molar-refractivity contribution is 0.0935. The van der Waals surface area contributed by atoms with Crippen LogP contribution in [0.2, 0.25) is 0 Å². The molecule has 1 aromatic heterocycles. The van der Waals surface area contributed by atoms with Gasteiger partial charge in [0.2, 0.25) is 0 Å². The Hall–Kier alpha value is -5.69. The van der Waals surface area contributed by atoms with Gasteiger partial charge in [-0.3, -0.25) is 9.69 Å². The van der Waals surface area contributed by atoms with Gasteiger partial charge in [0.1, 0.15) is 0 Å². The molecule has 1 aliphatic rings. The molecule has 1 amide bonds. The van der Waals surface area contributed by atoms with Gasteiger partial charge in [-0.05, 0) is 53.6 Å². The number of amides is 1. The van der Waals surface area contributed by atoms with Gasteiger partial charge < -0.3 is 9.67 Å². The summed E-state index contributed by atoms with van der Waals surface area (Å²) in [6.07, 6.45) is -1.16. The van der Waals surface area contributed by atoms with E-state index >= 15 is 0 Å². The molecule has 6 aromatic rings. The molecule has 1 unspecified atom stereocenters. The molecule has 0 radical (unpaired) electrons. The summed E-state index contributed by atoms with van der Waals surface area (Å²) >= 11 is 0. The minimum Gasteiger partial charge on any atom is -0.369 e. The van der Waals surface area contributed by atoms with Gasteiger partial charge >= 0.3 is 0 Å². The predicted molar refractivity (Wildman–Crippen MR) is 154 cm³/mol. The molecule has 40 heavy (non-hydrogen) atoms. The van der Waals surface area contributed by atoms with E-state index in [4.69, 9.17) is 0 Å². The smallest absolute Gasteiger partial charge is 0.263 e. The van der Waals surface area contributed by atoms with Crippen molar-refractivity contribution in [2.24, 2.45) is 0 Å². The van der Waals surface area contributed by atoms with Crippen molar-refractivity contribution in [2.75, 3.05) is 4.90 Å². The Morgan fingerprint density at radius 3 is 1.88 bits per heavy atom. The molecule has 0 bridgehead atoms. The van der Waals surface area contributed by atoms with Gasteiger partial charge in [-0.25, -0.2) is 0 Å². The van der Waals surface area contributed by atoms with Crippen molar-refractivity contribution in [3.8, 4) is 29.0 Å². The zero-order chi connectivity index (χ0) is 27.4. The normalized spacial score (nSPS) is 14.3. The molecule has 2 heterocycles. The van der Waals surface area contributed by atoms with Crippen LogP contribution in [0.1, 0.15) is 33.3 Å². The summed E-state index contributed by atoms with van der Waals surface area (Å²) in [6.45, 7) is 0. The summed E-state index contributed by atoms with van der Waals surface area (Å²) in [4.78, 5) is 15.4. The zero-order valence-electron chi connectivity index (χ0n) is 21.1. The fraction of sp³-hybridized carbons (Fsp3) is 0.0294. The van der Waals surface area contributed by atoms with Crippen molar-refractivity contribution in [1.82, 2.24) is 4.57 Å². The first kappa shape index (κ1) is 23.4. The second kappa shape index (κ2) is 8.96. The van der Waals surface area contributed by atoms with Gasteiger partial charge in [0.25, 0.3) is 5.91 Å². The van der Waals surface area contributed by atoms with E-state index in [-0.39, 0.29) is 5.91 Å². The van der Waals surface area contributed by atoms with Crippen LogP contribution in [0.4, 0.5) is 5.69 Å². The number of benzene rings is 5. The molecular formula is C34H20N4O2. The fourth-order valence-electron chi connectivity index (χ4n) is 5.68. The highest BCUT2D eigenvalue weighted by Crippen LogP contribution is 2.42. The molecule has 5 aromatic carbocycles. The van der Waals surface area contributed by atoms with Crippen LogP contribution in [0.15, 0.2) is 109 Å². The molecule has 0 aliphatic carbocycles. The van der Waals surface area contributed by atoms with Crippen LogP contribution in [-0.2, 0) is 0 Å². The molecule has 1 atom stereocenters. The third-order valence-electron chi connectivity index (χ3n) is 7.55. The van der Waals surface area contributed by atoms with E-state index < -0.39 is 6.23 Å². The summed E-state index contributed by atoms with van der Waals surface area (Å²) in [5.74, 6) is -0.326. The summed E-state index contributed by atoms with van der Waals surface area (Å²) in [7, 11) is 0. The number of carbonyl (C=O) groups excluding carboxylic acids is 1. The standard InChI is InChI=1S/C34H20N4O2/c35-19-21-9-15-26-27-16-10-22(20-36)18-31(27)38(30(26)17-21)29-8-4-7-28-32(29)34(40)37(33(28)39)25-13-11-24(12-14-25)23-5-2-1-3-6-23/h1-18,33,39H. The Bertz CT molecular complexity index is 1990. The molecule has 0 saturated heterocycles. The Morgan fingerprint density at radius 2 is 1.27 bits per heavy atom. The molecular weight excluding hydrogens is 496 g/mol. The van der Waals surface area contributed by atoms with Crippen LogP contribution in [0.5, 0.6) is 0 Å². The number of hydrogen-bond donors (Lipinski definition) is 1. The number of hydrogen-bond acceptors (Lipinski definition) is 4. The summed E-state index contributed by atoms with van der Waals surface area (Å²) < 4.78 is 1.91. The lowest BCUT2D eigenvalue weighted by atomic mass is 10.1. The van der Waals surface area contributed by atoms with E-state index in [1.165, 1.54) is 4.90 Å². The third-order valence-corrected chi connectivity index (χ3v) is 7.55. The van der Waals surface area contributed by atoms with Gasteiger partial charge in [0, 0.05) is 22.0 Å². The largest absolute Gasteiger partial charge is 0.369 e. The van der Waals surface area contributed by atoms with Crippen LogP contribution in [0, 0.1) is 22.7 Å². The Kier molecular flexibility index (Phi) is 5.25. The van der Waals surface area contributed by atoms with E-state index in [0.29, 0.717) is 33.6 Å². The van der Waals surface area contributed by atoms with Crippen molar-refractivity contribution in [2.45, 2.75) is 6.23 Å². The van der Waals surface area contributed by atoms with Gasteiger partial charge in [-0.1, -0.05) is 66.7 Å². The van der Waals surface area contributed by atoms with Gasteiger partial charge in [0.15, 0.2) is 6.23 Å². The van der Waals surface area contributed by atoms with E-state index in [2.05, 4.69) is 12.1 Å². The number of carbonyl (C=O) groups is 1. The van der Waals surface area contributed by atoms with Crippen LogP contribution in [0.25, 0.3) is 38.6 Å². The summed E-state index contributed by atoms with van der Waals surface area (Å²) in [6, 6.07) is 38.2. The highest BCUT2D eigenvalue weighted by Gasteiger charge is 2.39. The maximum atomic E-state index is 14.0. The van der Waals surface area contributed by atoms with E-state index in [0.717, 1.165) is 32.9 Å². The van der Waals surface area contributed by atoms with Crippen LogP contribution in [0.3, 0.4) is 0 Å². The van der Waals surface area contributed by atoms with Crippen LogP contribution in [-0.4, -0.2) is 15.6 Å². The topological polar surface area (TPSA) is 93.0 Å².